The zero-order valence-electron chi connectivity index (χ0n) is 21.3. The average molecular weight is 522 g/mol. The zero-order chi connectivity index (χ0) is 23.3. The zero-order valence-corrected chi connectivity index (χ0v) is 23.8. The van der Waals surface area contributed by atoms with Crippen molar-refractivity contribution in [1.29, 1.82) is 0 Å². The number of carbonyl (C=O) groups excluding carboxylic acids is 1. The normalized spacial score (nSPS) is 13.0. The molecule has 0 spiro atoms. The van der Waals surface area contributed by atoms with Crippen LogP contribution in [0.15, 0.2) is 12.7 Å². The fourth-order valence-corrected chi connectivity index (χ4v) is 9.14. The summed E-state index contributed by atoms with van der Waals surface area (Å²) in [6.07, 6.45) is 28.5. The van der Waals surface area contributed by atoms with E-state index >= 15 is 0 Å². The molecule has 0 fully saturated rings. The van der Waals surface area contributed by atoms with Crippen LogP contribution in [-0.4, -0.2) is 37.2 Å². The molecule has 186 valence electrons. The van der Waals surface area contributed by atoms with Gasteiger partial charge in [0.25, 0.3) is 0 Å². The molecule has 0 atom stereocenters. The maximum atomic E-state index is 11.4. The van der Waals surface area contributed by atoms with E-state index in [4.69, 9.17) is 4.74 Å². The number of ether oxygens (including phenoxy) is 1. The first-order valence-corrected chi connectivity index (χ1v) is 18.4. The summed E-state index contributed by atoms with van der Waals surface area (Å²) in [6, 6.07) is 0. The molecule has 0 aliphatic carbocycles. The SMILES string of the molecule is C=CC(=O)OCCP(Br)(CC)(CC)CCCCCCCCCCCCCCCCCC. The molecule has 4 heteroatoms. The summed E-state index contributed by atoms with van der Waals surface area (Å²) in [5.41, 5.74) is 0. The Bertz CT molecular complexity index is 449. The molecular weight excluding hydrogens is 467 g/mol. The summed E-state index contributed by atoms with van der Waals surface area (Å²) in [7, 11) is 0. The van der Waals surface area contributed by atoms with Gasteiger partial charge < -0.3 is 0 Å². The van der Waals surface area contributed by atoms with Crippen molar-refractivity contribution in [2.45, 2.75) is 124 Å². The Morgan fingerprint density at radius 2 is 1.10 bits per heavy atom. The molecule has 0 bridgehead atoms. The third kappa shape index (κ3) is 16.4. The van der Waals surface area contributed by atoms with Crippen molar-refractivity contribution in [3.63, 3.8) is 0 Å². The van der Waals surface area contributed by atoms with Gasteiger partial charge in [-0.25, -0.2) is 0 Å². The van der Waals surface area contributed by atoms with Crippen LogP contribution in [0.4, 0.5) is 0 Å². The van der Waals surface area contributed by atoms with Crippen molar-refractivity contribution in [2.24, 2.45) is 0 Å². The molecule has 0 N–H and O–H groups in total. The second-order valence-corrected chi connectivity index (χ2v) is 21.4. The van der Waals surface area contributed by atoms with Crippen LogP contribution in [0.25, 0.3) is 0 Å². The van der Waals surface area contributed by atoms with E-state index in [-0.39, 0.29) is 5.97 Å². The van der Waals surface area contributed by atoms with E-state index in [1.807, 2.05) is 0 Å². The number of unbranched alkanes of at least 4 members (excludes halogenated alkanes) is 15. The summed E-state index contributed by atoms with van der Waals surface area (Å²) >= 11 is 4.22. The van der Waals surface area contributed by atoms with E-state index in [0.717, 1.165) is 6.16 Å². The number of hydrogen-bond donors (Lipinski definition) is 0. The summed E-state index contributed by atoms with van der Waals surface area (Å²) in [5, 5.41) is -1.91. The molecule has 0 rings (SSSR count). The van der Waals surface area contributed by atoms with Crippen LogP contribution in [0.2, 0.25) is 0 Å². The maximum absolute atomic E-state index is 11.4. The van der Waals surface area contributed by atoms with Crippen molar-refractivity contribution in [2.75, 3.05) is 31.3 Å². The molecule has 0 aromatic rings. The first kappa shape index (κ1) is 31.1. The van der Waals surface area contributed by atoms with Crippen LogP contribution in [0.1, 0.15) is 124 Å². The van der Waals surface area contributed by atoms with Gasteiger partial charge in [0, 0.05) is 0 Å². The molecule has 0 unspecified atom stereocenters. The minimum absolute atomic E-state index is 0.299. The average Bonchev–Trinajstić information content (AvgIpc) is 2.79. The standard InChI is InChI=1S/C27H54BrO2P/c1-5-9-10-11-12-13-14-15-16-17-18-19-20-21-22-23-25-31(28,7-3,8-4)26-24-30-27(29)6-2/h6H,2,5,7-26H2,1,3-4H3. The Labute approximate surface area is 203 Å². The quantitative estimate of drug-likeness (QED) is 0.0579. The monoisotopic (exact) mass is 520 g/mol. The van der Waals surface area contributed by atoms with Gasteiger partial charge in [0.1, 0.15) is 0 Å². The minimum atomic E-state index is -1.91. The third-order valence-electron chi connectivity index (χ3n) is 7.21. The fourth-order valence-electron chi connectivity index (χ4n) is 4.46. The predicted molar refractivity (Wildman–Crippen MR) is 147 cm³/mol. The summed E-state index contributed by atoms with van der Waals surface area (Å²) in [6.45, 7) is 10.9. The smallest absolute Gasteiger partial charge is 0.0654 e. The Hall–Kier alpha value is 0.120. The molecule has 0 heterocycles. The van der Waals surface area contributed by atoms with Gasteiger partial charge >= 0.3 is 165 Å². The molecule has 0 aromatic carbocycles. The van der Waals surface area contributed by atoms with Gasteiger partial charge in [0.15, 0.2) is 0 Å². The van der Waals surface area contributed by atoms with Crippen molar-refractivity contribution >= 4 is 26.8 Å². The van der Waals surface area contributed by atoms with Crippen LogP contribution in [0.3, 0.4) is 0 Å². The third-order valence-corrected chi connectivity index (χ3v) is 18.2. The van der Waals surface area contributed by atoms with Crippen molar-refractivity contribution in [1.82, 2.24) is 0 Å². The molecule has 31 heavy (non-hydrogen) atoms. The molecule has 0 saturated carbocycles. The first-order valence-electron chi connectivity index (χ1n) is 13.4. The Kier molecular flexibility index (Phi) is 19.7. The van der Waals surface area contributed by atoms with Gasteiger partial charge in [0.2, 0.25) is 0 Å². The van der Waals surface area contributed by atoms with E-state index in [1.165, 1.54) is 127 Å². The molecule has 0 radical (unpaired) electrons. The van der Waals surface area contributed by atoms with Crippen LogP contribution >= 0.6 is 20.8 Å². The number of carbonyl (C=O) groups is 1. The number of halogens is 1. The molecule has 0 aromatic heterocycles. The van der Waals surface area contributed by atoms with E-state index in [9.17, 15) is 4.79 Å². The van der Waals surface area contributed by atoms with E-state index in [2.05, 4.69) is 42.8 Å². The van der Waals surface area contributed by atoms with Crippen molar-refractivity contribution in [3.8, 4) is 0 Å². The summed E-state index contributed by atoms with van der Waals surface area (Å²) < 4.78 is 5.29. The van der Waals surface area contributed by atoms with Crippen molar-refractivity contribution in [3.05, 3.63) is 12.7 Å². The molecular formula is C27H54BrO2P. The van der Waals surface area contributed by atoms with E-state index in [1.54, 1.807) is 0 Å². The van der Waals surface area contributed by atoms with Crippen molar-refractivity contribution < 1.29 is 9.53 Å². The molecule has 0 aliphatic rings. The minimum Gasteiger partial charge on any atom is -0.0654 e. The van der Waals surface area contributed by atoms with Gasteiger partial charge in [-0.2, -0.15) is 0 Å². The molecule has 0 amide bonds. The van der Waals surface area contributed by atoms with Gasteiger partial charge in [-0.1, -0.05) is 39.0 Å². The molecule has 0 aliphatic heterocycles. The summed E-state index contributed by atoms with van der Waals surface area (Å²) in [5.74, 6) is -0.299. The van der Waals surface area contributed by atoms with Crippen LogP contribution in [-0.2, 0) is 9.53 Å². The van der Waals surface area contributed by atoms with Crippen LogP contribution in [0, 0.1) is 0 Å². The number of hydrogen-bond acceptors (Lipinski definition) is 2. The first-order chi connectivity index (χ1) is 14.9. The predicted octanol–water partition coefficient (Wildman–Crippen LogP) is 9.88. The second kappa shape index (κ2) is 19.6. The van der Waals surface area contributed by atoms with Crippen LogP contribution in [0.5, 0.6) is 0 Å². The topological polar surface area (TPSA) is 26.3 Å². The Morgan fingerprint density at radius 3 is 1.45 bits per heavy atom. The fraction of sp³-hybridized carbons (Fsp3) is 0.889. The molecule has 2 nitrogen and oxygen atoms in total. The number of esters is 1. The molecule has 0 saturated heterocycles. The summed E-state index contributed by atoms with van der Waals surface area (Å²) in [4.78, 5) is 11.4. The Morgan fingerprint density at radius 1 is 0.710 bits per heavy atom. The van der Waals surface area contributed by atoms with Gasteiger partial charge in [-0.05, 0) is 0 Å². The Balaban J connectivity index is 3.69. The van der Waals surface area contributed by atoms with Gasteiger partial charge in [-0.3, -0.25) is 0 Å². The second-order valence-electron chi connectivity index (χ2n) is 9.57. The van der Waals surface area contributed by atoms with Gasteiger partial charge in [0.05, 0.1) is 0 Å². The number of rotatable bonds is 23. The van der Waals surface area contributed by atoms with E-state index < -0.39 is 5.31 Å². The van der Waals surface area contributed by atoms with E-state index in [0.29, 0.717) is 6.61 Å². The van der Waals surface area contributed by atoms with Crippen LogP contribution < -0.4 is 0 Å². The van der Waals surface area contributed by atoms with Gasteiger partial charge in [-0.15, -0.1) is 0 Å².